The van der Waals surface area contributed by atoms with Crippen molar-refractivity contribution < 1.29 is 19.1 Å². The quantitative estimate of drug-likeness (QED) is 0.664. The average molecular weight is 412 g/mol. The van der Waals surface area contributed by atoms with Crippen LogP contribution in [0, 0.1) is 12.8 Å². The van der Waals surface area contributed by atoms with E-state index in [0.29, 0.717) is 23.5 Å². The van der Waals surface area contributed by atoms with Crippen molar-refractivity contribution in [3.63, 3.8) is 0 Å². The molecule has 0 aliphatic heterocycles. The first-order chi connectivity index (χ1) is 14.3. The normalized spacial score (nSPS) is 10.4. The number of amides is 3. The molecular formula is C23H29N3O4. The highest BCUT2D eigenvalue weighted by atomic mass is 16.5. The first kappa shape index (κ1) is 22.9. The van der Waals surface area contributed by atoms with Gasteiger partial charge in [-0.15, -0.1) is 0 Å². The van der Waals surface area contributed by atoms with E-state index < -0.39 is 5.91 Å². The molecule has 7 nitrogen and oxygen atoms in total. The maximum atomic E-state index is 12.9. The molecule has 0 atom stereocenters. The second-order valence-electron chi connectivity index (χ2n) is 7.51. The second-order valence-corrected chi connectivity index (χ2v) is 7.51. The Morgan fingerprint density at radius 1 is 1.03 bits per heavy atom. The fourth-order valence-electron chi connectivity index (χ4n) is 2.93. The van der Waals surface area contributed by atoms with Gasteiger partial charge in [0.1, 0.15) is 5.75 Å². The van der Waals surface area contributed by atoms with E-state index in [4.69, 9.17) is 4.74 Å². The number of hydrogen-bond acceptors (Lipinski definition) is 4. The Balaban J connectivity index is 1.95. The molecule has 0 saturated carbocycles. The number of carbonyl (C=O) groups is 3. The Labute approximate surface area is 177 Å². The minimum absolute atomic E-state index is 0.133. The molecule has 2 aromatic carbocycles. The molecule has 0 aliphatic rings. The summed E-state index contributed by atoms with van der Waals surface area (Å²) in [5, 5.41) is 5.32. The van der Waals surface area contributed by atoms with Gasteiger partial charge in [0, 0.05) is 17.8 Å². The summed E-state index contributed by atoms with van der Waals surface area (Å²) in [5.74, 6) is -0.240. The van der Waals surface area contributed by atoms with Crippen molar-refractivity contribution in [2.24, 2.45) is 5.92 Å². The van der Waals surface area contributed by atoms with Gasteiger partial charge in [-0.2, -0.15) is 0 Å². The highest BCUT2D eigenvalue weighted by Crippen LogP contribution is 2.15. The number of anilines is 1. The van der Waals surface area contributed by atoms with Gasteiger partial charge in [-0.25, -0.2) is 0 Å². The van der Waals surface area contributed by atoms with Gasteiger partial charge in [-0.05, 0) is 48.7 Å². The van der Waals surface area contributed by atoms with Crippen LogP contribution in [-0.2, 0) is 9.59 Å². The third-order valence-corrected chi connectivity index (χ3v) is 4.27. The molecule has 0 heterocycles. The summed E-state index contributed by atoms with van der Waals surface area (Å²) < 4.78 is 5.17. The molecule has 0 bridgehead atoms. The molecule has 0 fully saturated rings. The third-order valence-electron chi connectivity index (χ3n) is 4.27. The first-order valence-electron chi connectivity index (χ1n) is 9.85. The van der Waals surface area contributed by atoms with Crippen LogP contribution in [-0.4, -0.2) is 49.4 Å². The van der Waals surface area contributed by atoms with Crippen molar-refractivity contribution in [3.05, 3.63) is 59.7 Å². The molecule has 2 aromatic rings. The second kappa shape index (κ2) is 11.0. The van der Waals surface area contributed by atoms with Crippen LogP contribution < -0.4 is 15.4 Å². The molecular weight excluding hydrogens is 382 g/mol. The molecule has 0 spiro atoms. The van der Waals surface area contributed by atoms with E-state index in [-0.39, 0.29) is 30.8 Å². The minimum Gasteiger partial charge on any atom is -0.497 e. The van der Waals surface area contributed by atoms with Gasteiger partial charge in [0.2, 0.25) is 11.8 Å². The molecule has 7 heteroatoms. The van der Waals surface area contributed by atoms with E-state index in [1.165, 1.54) is 12.0 Å². The summed E-state index contributed by atoms with van der Waals surface area (Å²) in [6, 6.07) is 14.2. The van der Waals surface area contributed by atoms with Crippen LogP contribution in [0.25, 0.3) is 0 Å². The largest absolute Gasteiger partial charge is 0.497 e. The lowest BCUT2D eigenvalue weighted by Crippen LogP contribution is -2.44. The topological polar surface area (TPSA) is 87.7 Å². The Morgan fingerprint density at radius 2 is 1.77 bits per heavy atom. The molecule has 2 N–H and O–H groups in total. The smallest absolute Gasteiger partial charge is 0.254 e. The number of nitrogens with zero attached hydrogens (tertiary/aromatic N) is 1. The first-order valence-corrected chi connectivity index (χ1v) is 9.85. The highest BCUT2D eigenvalue weighted by molar-refractivity contribution is 5.98. The van der Waals surface area contributed by atoms with Crippen LogP contribution in [0.5, 0.6) is 5.75 Å². The van der Waals surface area contributed by atoms with E-state index >= 15 is 0 Å². The van der Waals surface area contributed by atoms with Crippen molar-refractivity contribution in [3.8, 4) is 5.75 Å². The summed E-state index contributed by atoms with van der Waals surface area (Å²) in [6.07, 6.45) is 0. The predicted molar refractivity (Wildman–Crippen MR) is 117 cm³/mol. The Morgan fingerprint density at radius 3 is 2.43 bits per heavy atom. The highest BCUT2D eigenvalue weighted by Gasteiger charge is 2.20. The molecule has 3 amide bonds. The van der Waals surface area contributed by atoms with Crippen molar-refractivity contribution in [2.75, 3.05) is 32.1 Å². The van der Waals surface area contributed by atoms with Crippen LogP contribution in [0.1, 0.15) is 29.8 Å². The maximum absolute atomic E-state index is 12.9. The Kier molecular flexibility index (Phi) is 8.41. The van der Waals surface area contributed by atoms with Crippen molar-refractivity contribution in [1.29, 1.82) is 0 Å². The predicted octanol–water partition coefficient (Wildman–Crippen LogP) is 2.86. The number of nitrogens with one attached hydrogen (secondary N) is 2. The van der Waals surface area contributed by atoms with Crippen LogP contribution in [0.3, 0.4) is 0 Å². The fraction of sp³-hybridized carbons (Fsp3) is 0.348. The molecule has 2 rings (SSSR count). The number of methoxy groups -OCH3 is 1. The fourth-order valence-corrected chi connectivity index (χ4v) is 2.93. The number of carbonyl (C=O) groups excluding carboxylic acids is 3. The minimum atomic E-state index is -0.397. The average Bonchev–Trinajstić information content (AvgIpc) is 2.71. The summed E-state index contributed by atoms with van der Waals surface area (Å²) in [6.45, 7) is 5.98. The molecule has 30 heavy (non-hydrogen) atoms. The number of aryl methyl sites for hydroxylation is 1. The Bertz CT molecular complexity index is 896. The molecule has 0 unspecified atom stereocenters. The van der Waals surface area contributed by atoms with Gasteiger partial charge in [0.15, 0.2) is 0 Å². The van der Waals surface area contributed by atoms with Crippen molar-refractivity contribution in [1.82, 2.24) is 10.2 Å². The van der Waals surface area contributed by atoms with Crippen LogP contribution in [0.2, 0.25) is 0 Å². The van der Waals surface area contributed by atoms with Gasteiger partial charge in [-0.1, -0.05) is 32.0 Å². The lowest BCUT2D eigenvalue weighted by molar-refractivity contribution is -0.124. The molecule has 160 valence electrons. The van der Waals surface area contributed by atoms with E-state index in [2.05, 4.69) is 10.6 Å². The summed E-state index contributed by atoms with van der Waals surface area (Å²) in [7, 11) is 1.53. The number of rotatable bonds is 9. The van der Waals surface area contributed by atoms with E-state index in [1.807, 2.05) is 39.0 Å². The van der Waals surface area contributed by atoms with Gasteiger partial charge in [0.05, 0.1) is 20.2 Å². The Hall–Kier alpha value is -3.35. The summed E-state index contributed by atoms with van der Waals surface area (Å²) in [5.41, 5.74) is 2.14. The van der Waals surface area contributed by atoms with E-state index in [0.717, 1.165) is 5.56 Å². The summed E-state index contributed by atoms with van der Waals surface area (Å²) >= 11 is 0. The van der Waals surface area contributed by atoms with Crippen LogP contribution in [0.15, 0.2) is 48.5 Å². The van der Waals surface area contributed by atoms with Gasteiger partial charge < -0.3 is 20.3 Å². The molecule has 0 radical (unpaired) electrons. The number of hydrogen-bond donors (Lipinski definition) is 2. The zero-order chi connectivity index (χ0) is 22.1. The van der Waals surface area contributed by atoms with Crippen molar-refractivity contribution in [2.45, 2.75) is 20.8 Å². The third kappa shape index (κ3) is 7.24. The van der Waals surface area contributed by atoms with E-state index in [9.17, 15) is 14.4 Å². The monoisotopic (exact) mass is 411 g/mol. The van der Waals surface area contributed by atoms with Gasteiger partial charge in [0.25, 0.3) is 5.91 Å². The van der Waals surface area contributed by atoms with Crippen molar-refractivity contribution >= 4 is 23.4 Å². The van der Waals surface area contributed by atoms with Gasteiger partial charge in [-0.3, -0.25) is 14.4 Å². The lowest BCUT2D eigenvalue weighted by Gasteiger charge is -2.24. The molecule has 0 saturated heterocycles. The number of ether oxygens (including phenoxy) is 1. The van der Waals surface area contributed by atoms with Crippen LogP contribution >= 0.6 is 0 Å². The van der Waals surface area contributed by atoms with Gasteiger partial charge >= 0.3 is 0 Å². The molecule has 0 aliphatic carbocycles. The number of benzene rings is 2. The SMILES string of the molecule is COc1cccc(C(=O)N(CC(=O)NCC(=O)Nc2cccc(C)c2)CC(C)C)c1. The summed E-state index contributed by atoms with van der Waals surface area (Å²) in [4.78, 5) is 38.9. The maximum Gasteiger partial charge on any atom is 0.254 e. The standard InChI is InChI=1S/C23H29N3O4/c1-16(2)14-26(23(29)18-8-6-10-20(12-18)30-4)15-22(28)24-13-21(27)25-19-9-5-7-17(3)11-19/h5-12,16H,13-15H2,1-4H3,(H,24,28)(H,25,27). The molecule has 0 aromatic heterocycles. The zero-order valence-corrected chi connectivity index (χ0v) is 17.9. The van der Waals surface area contributed by atoms with E-state index in [1.54, 1.807) is 30.3 Å². The van der Waals surface area contributed by atoms with Crippen LogP contribution in [0.4, 0.5) is 5.69 Å². The lowest BCUT2D eigenvalue weighted by atomic mass is 10.1. The zero-order valence-electron chi connectivity index (χ0n) is 17.9.